The second-order valence-electron chi connectivity index (χ2n) is 8.15. The van der Waals surface area contributed by atoms with Crippen LogP contribution < -0.4 is 15.9 Å². The molecular formula is C23H32BNO3. The molecule has 3 N–H and O–H groups in total. The first-order chi connectivity index (χ1) is 13.1. The summed E-state index contributed by atoms with van der Waals surface area (Å²) in [6.07, 6.45) is 1.73. The monoisotopic (exact) mass is 381 g/mol. The lowest BCUT2D eigenvalue weighted by Gasteiger charge is -2.37. The van der Waals surface area contributed by atoms with Crippen LogP contribution in [0.3, 0.4) is 0 Å². The van der Waals surface area contributed by atoms with E-state index in [2.05, 4.69) is 18.7 Å². The normalized spacial score (nSPS) is 11.9. The van der Waals surface area contributed by atoms with Crippen molar-refractivity contribution in [1.29, 1.82) is 0 Å². The third-order valence-corrected chi connectivity index (χ3v) is 5.23. The van der Waals surface area contributed by atoms with E-state index in [0.717, 1.165) is 35.2 Å². The van der Waals surface area contributed by atoms with E-state index in [9.17, 15) is 5.11 Å². The van der Waals surface area contributed by atoms with Gasteiger partial charge >= 0.3 is 7.48 Å². The zero-order valence-electron chi connectivity index (χ0n) is 17.5. The number of allylic oxidation sites excluding steroid dienone is 1. The van der Waals surface area contributed by atoms with Crippen molar-refractivity contribution in [3.63, 3.8) is 0 Å². The van der Waals surface area contributed by atoms with Crippen molar-refractivity contribution in [2.45, 2.75) is 51.7 Å². The maximum absolute atomic E-state index is 10.2. The van der Waals surface area contributed by atoms with E-state index in [4.69, 9.17) is 15.1 Å². The highest BCUT2D eigenvalue weighted by Crippen LogP contribution is 2.24. The van der Waals surface area contributed by atoms with E-state index in [-0.39, 0.29) is 0 Å². The Balaban J connectivity index is 1.79. The summed E-state index contributed by atoms with van der Waals surface area (Å²) in [5.41, 5.74) is 8.26. The fraction of sp³-hybridized carbons (Fsp3) is 0.391. The van der Waals surface area contributed by atoms with Crippen LogP contribution in [0.2, 0.25) is 0 Å². The first kappa shape index (κ1) is 22.1. The molecule has 0 unspecified atom stereocenters. The van der Waals surface area contributed by atoms with E-state index in [0.29, 0.717) is 19.8 Å². The van der Waals surface area contributed by atoms with Crippen LogP contribution in [0.4, 0.5) is 5.69 Å². The minimum absolute atomic E-state index is 0.454. The lowest BCUT2D eigenvalue weighted by Crippen LogP contribution is -2.49. The number of ether oxygens (including phenoxy) is 1. The van der Waals surface area contributed by atoms with Crippen LogP contribution in [0.15, 0.2) is 55.1 Å². The second kappa shape index (κ2) is 9.31. The molecule has 5 heteroatoms. The van der Waals surface area contributed by atoms with Gasteiger partial charge in [0, 0.05) is 0 Å². The number of aliphatic hydroxyl groups is 1. The molecule has 0 aliphatic rings. The van der Waals surface area contributed by atoms with Crippen LogP contribution in [0, 0.1) is 0 Å². The number of nitrogens with two attached hydrogens (primary N) is 1. The minimum atomic E-state index is -0.909. The summed E-state index contributed by atoms with van der Waals surface area (Å²) in [7, 11) is 0.454. The highest BCUT2D eigenvalue weighted by atomic mass is 16.5. The van der Waals surface area contributed by atoms with Gasteiger partial charge in [0.15, 0.2) is 0 Å². The average molecular weight is 381 g/mol. The molecule has 0 saturated carbocycles. The Morgan fingerprint density at radius 1 is 1.07 bits per heavy atom. The third kappa shape index (κ3) is 6.15. The Labute approximate surface area is 169 Å². The van der Waals surface area contributed by atoms with Crippen LogP contribution >= 0.6 is 0 Å². The van der Waals surface area contributed by atoms with E-state index in [1.54, 1.807) is 13.8 Å². The van der Waals surface area contributed by atoms with E-state index < -0.39 is 11.2 Å². The summed E-state index contributed by atoms with van der Waals surface area (Å²) >= 11 is 0. The predicted molar refractivity (Wildman–Crippen MR) is 119 cm³/mol. The van der Waals surface area contributed by atoms with Crippen LogP contribution in [-0.2, 0) is 4.65 Å². The van der Waals surface area contributed by atoms with Gasteiger partial charge in [0.1, 0.15) is 5.75 Å². The molecule has 150 valence electrons. The Morgan fingerprint density at radius 2 is 1.71 bits per heavy atom. The molecular weight excluding hydrogens is 349 g/mol. The molecule has 0 radical (unpaired) electrons. The van der Waals surface area contributed by atoms with E-state index >= 15 is 0 Å². The summed E-state index contributed by atoms with van der Waals surface area (Å²) in [5, 5.41) is 10.2. The van der Waals surface area contributed by atoms with Gasteiger partial charge in [0.2, 0.25) is 0 Å². The zero-order chi connectivity index (χ0) is 20.8. The molecule has 0 aromatic heterocycles. The number of para-hydroxylation sites is 2. The number of benzene rings is 2. The second-order valence-corrected chi connectivity index (χ2v) is 8.15. The van der Waals surface area contributed by atoms with Crippen molar-refractivity contribution in [1.82, 2.24) is 0 Å². The van der Waals surface area contributed by atoms with Gasteiger partial charge in [-0.15, -0.1) is 0 Å². The molecule has 0 aliphatic carbocycles. The summed E-state index contributed by atoms with van der Waals surface area (Å²) < 4.78 is 11.6. The minimum Gasteiger partial charge on any atom is -0.491 e. The molecule has 0 aliphatic heterocycles. The molecule has 28 heavy (non-hydrogen) atoms. The molecule has 0 amide bonds. The van der Waals surface area contributed by atoms with Gasteiger partial charge in [-0.3, -0.25) is 0 Å². The van der Waals surface area contributed by atoms with Crippen molar-refractivity contribution >= 4 is 24.2 Å². The predicted octanol–water partition coefficient (Wildman–Crippen LogP) is 3.68. The quantitative estimate of drug-likeness (QED) is 0.374. The molecule has 0 fully saturated rings. The number of rotatable bonds is 10. The zero-order valence-corrected chi connectivity index (χ0v) is 17.5. The lowest BCUT2D eigenvalue weighted by molar-refractivity contribution is -0.0893. The Bertz CT molecular complexity index is 779. The van der Waals surface area contributed by atoms with Crippen LogP contribution in [0.5, 0.6) is 5.75 Å². The first-order valence-corrected chi connectivity index (χ1v) is 9.71. The lowest BCUT2D eigenvalue weighted by atomic mass is 9.82. The topological polar surface area (TPSA) is 64.7 Å². The van der Waals surface area contributed by atoms with Gasteiger partial charge in [-0.25, -0.2) is 0 Å². The first-order valence-electron chi connectivity index (χ1n) is 9.71. The van der Waals surface area contributed by atoms with Crippen LogP contribution in [0.1, 0.15) is 46.1 Å². The fourth-order valence-corrected chi connectivity index (χ4v) is 2.50. The number of hydrogen-bond donors (Lipinski definition) is 2. The Kier molecular flexibility index (Phi) is 7.33. The highest BCUT2D eigenvalue weighted by molar-refractivity contribution is 6.47. The third-order valence-electron chi connectivity index (χ3n) is 5.23. The van der Waals surface area contributed by atoms with Crippen molar-refractivity contribution in [2.75, 3.05) is 12.3 Å². The van der Waals surface area contributed by atoms with Crippen LogP contribution in [0.25, 0.3) is 5.57 Å². The Hall–Kier alpha value is -2.24. The molecule has 0 atom stereocenters. The SMILES string of the molecule is C=C(CCCOc1ccccc1N)c1ccc(BOC(C)(C)C(C)(C)O)cc1. The standard InChI is InChI=1S/C23H32BNO3/c1-17(9-8-16-27-21-11-7-6-10-20(21)25)18-12-14-19(15-13-18)24-28-23(4,5)22(2,3)26/h6-7,10-15,24,26H,1,8-9,16,25H2,2-5H3. The summed E-state index contributed by atoms with van der Waals surface area (Å²) in [6.45, 7) is 12.1. The molecule has 4 nitrogen and oxygen atoms in total. The average Bonchev–Trinajstić information content (AvgIpc) is 2.64. The molecule has 0 heterocycles. The molecule has 2 rings (SSSR count). The van der Waals surface area contributed by atoms with Crippen molar-refractivity contribution in [3.8, 4) is 5.75 Å². The van der Waals surface area contributed by atoms with Crippen molar-refractivity contribution in [2.24, 2.45) is 0 Å². The number of nitrogen functional groups attached to an aromatic ring is 1. The molecule has 0 spiro atoms. The van der Waals surface area contributed by atoms with Crippen molar-refractivity contribution in [3.05, 3.63) is 60.7 Å². The maximum atomic E-state index is 10.2. The summed E-state index contributed by atoms with van der Waals surface area (Å²) in [5.74, 6) is 0.728. The smallest absolute Gasteiger partial charge is 0.309 e. The highest BCUT2D eigenvalue weighted by Gasteiger charge is 2.35. The van der Waals surface area contributed by atoms with Gasteiger partial charge < -0.3 is 20.2 Å². The summed E-state index contributed by atoms with van der Waals surface area (Å²) in [4.78, 5) is 0. The fourth-order valence-electron chi connectivity index (χ4n) is 2.50. The number of anilines is 1. The van der Waals surface area contributed by atoms with Gasteiger partial charge in [-0.05, 0) is 63.8 Å². The molecule has 2 aromatic rings. The van der Waals surface area contributed by atoms with E-state index in [1.165, 1.54) is 0 Å². The number of hydrogen-bond acceptors (Lipinski definition) is 4. The van der Waals surface area contributed by atoms with Gasteiger partial charge in [0.05, 0.1) is 23.5 Å². The van der Waals surface area contributed by atoms with Gasteiger partial charge in [-0.1, -0.05) is 48.4 Å². The molecule has 0 saturated heterocycles. The van der Waals surface area contributed by atoms with Gasteiger partial charge in [0.25, 0.3) is 0 Å². The molecule has 0 bridgehead atoms. The molecule has 2 aromatic carbocycles. The van der Waals surface area contributed by atoms with E-state index in [1.807, 2.05) is 50.2 Å². The van der Waals surface area contributed by atoms with Gasteiger partial charge in [-0.2, -0.15) is 0 Å². The maximum Gasteiger partial charge on any atom is 0.309 e. The summed E-state index contributed by atoms with van der Waals surface area (Å²) in [6, 6.07) is 15.7. The largest absolute Gasteiger partial charge is 0.491 e. The Morgan fingerprint density at radius 3 is 2.32 bits per heavy atom. The van der Waals surface area contributed by atoms with Crippen molar-refractivity contribution < 1.29 is 14.5 Å². The van der Waals surface area contributed by atoms with Crippen LogP contribution in [-0.4, -0.2) is 30.4 Å².